The largest absolute Gasteiger partial charge is 0.396 e. The molecule has 0 saturated heterocycles. The molecule has 1 aromatic heterocycles. The normalized spacial score (nSPS) is 11.4. The van der Waals surface area contributed by atoms with Crippen LogP contribution in [0.3, 0.4) is 0 Å². The monoisotopic (exact) mass is 296 g/mol. The molecule has 0 saturated carbocycles. The van der Waals surface area contributed by atoms with E-state index in [9.17, 15) is 22.4 Å². The Morgan fingerprint density at radius 3 is 2.53 bits per heavy atom. The van der Waals surface area contributed by atoms with Gasteiger partial charge in [0.05, 0.1) is 17.8 Å². The molecule has 0 aromatic carbocycles. The van der Waals surface area contributed by atoms with Gasteiger partial charge in [0.25, 0.3) is 5.91 Å². The van der Waals surface area contributed by atoms with Crippen LogP contribution in [0.2, 0.25) is 0 Å². The second-order valence-electron chi connectivity index (χ2n) is 3.44. The fourth-order valence-corrected chi connectivity index (χ4v) is 2.09. The van der Waals surface area contributed by atoms with E-state index in [1.54, 1.807) is 6.07 Å². The Morgan fingerprint density at radius 1 is 1.53 bits per heavy atom. The first kappa shape index (κ1) is 15.0. The number of nitrogens with two attached hydrogens (primary N) is 2. The van der Waals surface area contributed by atoms with Gasteiger partial charge in [0, 0.05) is 0 Å². The lowest BCUT2D eigenvalue weighted by atomic mass is 10.2. The van der Waals surface area contributed by atoms with Crippen LogP contribution in [0.1, 0.15) is 15.2 Å². The molecule has 0 aliphatic heterocycles. The Labute approximate surface area is 108 Å². The van der Waals surface area contributed by atoms with Crippen LogP contribution < -0.4 is 16.8 Å². The number of hydrogen-bond donors (Lipinski definition) is 3. The zero-order chi connectivity index (χ0) is 14.8. The predicted molar refractivity (Wildman–Crippen MR) is 61.4 cm³/mol. The van der Waals surface area contributed by atoms with Gasteiger partial charge >= 0.3 is 12.3 Å². The molecule has 0 atom stereocenters. The summed E-state index contributed by atoms with van der Waals surface area (Å²) in [4.78, 5) is 11.0. The molecule has 0 aliphatic rings. The molecular weight excluding hydrogens is 288 g/mol. The molecule has 104 valence electrons. The highest BCUT2D eigenvalue weighted by Gasteiger charge is 2.40. The third-order valence-electron chi connectivity index (χ3n) is 2.10. The number of nitrogens with one attached hydrogen (secondary N) is 1. The maximum Gasteiger partial charge on any atom is 0.324 e. The van der Waals surface area contributed by atoms with Crippen LogP contribution in [0.25, 0.3) is 0 Å². The van der Waals surface area contributed by atoms with Crippen LogP contribution in [-0.2, 0) is 0 Å². The molecule has 19 heavy (non-hydrogen) atoms. The first-order chi connectivity index (χ1) is 8.70. The molecule has 0 radical (unpaired) electrons. The summed E-state index contributed by atoms with van der Waals surface area (Å²) in [5.74, 6) is -5.32. The van der Waals surface area contributed by atoms with Crippen LogP contribution in [0.4, 0.5) is 28.3 Å². The molecular formula is C9H8F4N4OS. The number of primary amides is 1. The average Bonchev–Trinajstić information content (AvgIpc) is 2.63. The van der Waals surface area contributed by atoms with Gasteiger partial charge in [0.1, 0.15) is 15.9 Å². The highest BCUT2D eigenvalue weighted by atomic mass is 32.1. The van der Waals surface area contributed by atoms with E-state index in [1.807, 2.05) is 5.32 Å². The van der Waals surface area contributed by atoms with Gasteiger partial charge in [-0.05, 0) is 0 Å². The second-order valence-corrected chi connectivity index (χ2v) is 4.46. The summed E-state index contributed by atoms with van der Waals surface area (Å²) in [5, 5.41) is 10.4. The Hall–Kier alpha value is -2.02. The van der Waals surface area contributed by atoms with E-state index in [1.165, 1.54) is 0 Å². The number of carbonyl (C=O) groups excluding carboxylic acids is 1. The van der Waals surface area contributed by atoms with Crippen molar-refractivity contribution >= 4 is 27.9 Å². The number of rotatable bonds is 5. The summed E-state index contributed by atoms with van der Waals surface area (Å²) in [7, 11) is 0. The predicted octanol–water partition coefficient (Wildman–Crippen LogP) is 1.61. The van der Waals surface area contributed by atoms with Crippen LogP contribution in [-0.4, -0.2) is 24.8 Å². The number of hydrogen-bond acceptors (Lipinski definition) is 5. The summed E-state index contributed by atoms with van der Waals surface area (Å²) in [6.07, 6.45) is -3.86. The zero-order valence-electron chi connectivity index (χ0n) is 9.21. The van der Waals surface area contributed by atoms with Crippen molar-refractivity contribution in [1.82, 2.24) is 0 Å². The molecule has 1 heterocycles. The molecule has 1 amide bonds. The molecule has 0 aliphatic carbocycles. The van der Waals surface area contributed by atoms with Crippen LogP contribution in [0, 0.1) is 11.3 Å². The summed E-state index contributed by atoms with van der Waals surface area (Å²) in [6, 6.07) is 1.64. The Kier molecular flexibility index (Phi) is 4.21. The number of carbonyl (C=O) groups is 1. The number of anilines is 2. The highest BCUT2D eigenvalue weighted by Crippen LogP contribution is 2.35. The lowest BCUT2D eigenvalue weighted by Gasteiger charge is -2.16. The van der Waals surface area contributed by atoms with Gasteiger partial charge < -0.3 is 16.8 Å². The average molecular weight is 296 g/mol. The lowest BCUT2D eigenvalue weighted by Crippen LogP contribution is -2.35. The van der Waals surface area contributed by atoms with E-state index in [-0.39, 0.29) is 21.1 Å². The van der Waals surface area contributed by atoms with Crippen molar-refractivity contribution < 1.29 is 22.4 Å². The summed E-state index contributed by atoms with van der Waals surface area (Å²) < 4.78 is 49.4. The molecule has 0 spiro atoms. The quantitative estimate of drug-likeness (QED) is 0.718. The third-order valence-corrected chi connectivity index (χ3v) is 3.16. The van der Waals surface area contributed by atoms with Crippen molar-refractivity contribution in [2.24, 2.45) is 5.73 Å². The van der Waals surface area contributed by atoms with Crippen molar-refractivity contribution in [2.45, 2.75) is 12.3 Å². The molecule has 1 aromatic rings. The molecule has 0 fully saturated rings. The van der Waals surface area contributed by atoms with Crippen LogP contribution >= 0.6 is 11.3 Å². The molecule has 5 nitrogen and oxygen atoms in total. The van der Waals surface area contributed by atoms with Gasteiger partial charge in [0.2, 0.25) is 0 Å². The SMILES string of the molecule is N#Cc1sc(NCC(F)(F)C(F)F)c(C(N)=O)c1N. The maximum atomic E-state index is 12.7. The molecule has 0 unspecified atom stereocenters. The van der Waals surface area contributed by atoms with Gasteiger partial charge in [-0.25, -0.2) is 8.78 Å². The molecule has 1 rings (SSSR count). The van der Waals surface area contributed by atoms with Crippen molar-refractivity contribution in [1.29, 1.82) is 5.26 Å². The highest BCUT2D eigenvalue weighted by molar-refractivity contribution is 7.17. The van der Waals surface area contributed by atoms with Crippen molar-refractivity contribution in [3.8, 4) is 6.07 Å². The topological polar surface area (TPSA) is 105 Å². The third kappa shape index (κ3) is 3.05. The fraction of sp³-hybridized carbons (Fsp3) is 0.333. The first-order valence-corrected chi connectivity index (χ1v) is 5.54. The first-order valence-electron chi connectivity index (χ1n) is 4.72. The number of amides is 1. The van der Waals surface area contributed by atoms with Gasteiger partial charge in [-0.1, -0.05) is 0 Å². The number of thiophene rings is 1. The van der Waals surface area contributed by atoms with Crippen molar-refractivity contribution in [2.75, 3.05) is 17.6 Å². The maximum absolute atomic E-state index is 12.7. The Morgan fingerprint density at radius 2 is 2.11 bits per heavy atom. The van der Waals surface area contributed by atoms with E-state index in [0.29, 0.717) is 11.3 Å². The summed E-state index contributed by atoms with van der Waals surface area (Å²) in [6.45, 7) is -1.41. The van der Waals surface area contributed by atoms with Gasteiger partial charge in [-0.15, -0.1) is 11.3 Å². The smallest absolute Gasteiger partial charge is 0.324 e. The lowest BCUT2D eigenvalue weighted by molar-refractivity contribution is -0.117. The molecule has 5 N–H and O–H groups in total. The van der Waals surface area contributed by atoms with Gasteiger partial charge in [0.15, 0.2) is 0 Å². The van der Waals surface area contributed by atoms with Crippen LogP contribution in [0.5, 0.6) is 0 Å². The molecule has 0 bridgehead atoms. The van der Waals surface area contributed by atoms with Gasteiger partial charge in [-0.2, -0.15) is 14.0 Å². The molecule has 10 heteroatoms. The standard InChI is InChI=1S/C9H8F4N4OS/c10-8(11)9(12,13)2-17-7-4(6(16)18)5(15)3(1-14)19-7/h8,17H,2,15H2,(H2,16,18). The Balaban J connectivity index is 3.03. The summed E-state index contributed by atoms with van der Waals surface area (Å²) >= 11 is 0.591. The van der Waals surface area contributed by atoms with Crippen LogP contribution in [0.15, 0.2) is 0 Å². The van der Waals surface area contributed by atoms with Crippen molar-refractivity contribution in [3.63, 3.8) is 0 Å². The number of nitrogens with zero attached hydrogens (tertiary/aromatic N) is 1. The minimum absolute atomic E-state index is 0.114. The van der Waals surface area contributed by atoms with E-state index in [0.717, 1.165) is 0 Å². The van der Waals surface area contributed by atoms with E-state index < -0.39 is 24.8 Å². The Bertz CT molecular complexity index is 537. The van der Waals surface area contributed by atoms with E-state index in [4.69, 9.17) is 16.7 Å². The van der Waals surface area contributed by atoms with E-state index >= 15 is 0 Å². The van der Waals surface area contributed by atoms with Crippen molar-refractivity contribution in [3.05, 3.63) is 10.4 Å². The van der Waals surface area contributed by atoms with E-state index in [2.05, 4.69) is 0 Å². The zero-order valence-corrected chi connectivity index (χ0v) is 10.0. The minimum atomic E-state index is -4.28. The number of alkyl halides is 4. The van der Waals surface area contributed by atoms with Gasteiger partial charge in [-0.3, -0.25) is 4.79 Å². The number of halogens is 4. The minimum Gasteiger partial charge on any atom is -0.396 e. The number of nitrogen functional groups attached to an aromatic ring is 1. The summed E-state index contributed by atoms with van der Waals surface area (Å²) in [5.41, 5.74) is 9.80. The fourth-order valence-electron chi connectivity index (χ4n) is 1.17. The second kappa shape index (κ2) is 5.31. The number of nitriles is 1.